The zero-order valence-electron chi connectivity index (χ0n) is 19.7. The third-order valence-electron chi connectivity index (χ3n) is 6.42. The van der Waals surface area contributed by atoms with Crippen LogP contribution in [0.3, 0.4) is 0 Å². The van der Waals surface area contributed by atoms with Gasteiger partial charge in [-0.2, -0.15) is 5.10 Å². The van der Waals surface area contributed by atoms with Crippen LogP contribution >= 0.6 is 0 Å². The molecule has 3 aromatic heterocycles. The quantitative estimate of drug-likeness (QED) is 0.311. The summed E-state index contributed by atoms with van der Waals surface area (Å²) < 4.78 is 15.4. The number of fused-ring (bicyclic) bond motifs is 2. The molecule has 0 unspecified atom stereocenters. The molecule has 0 aliphatic heterocycles. The van der Waals surface area contributed by atoms with Crippen LogP contribution < -0.4 is 16.4 Å². The van der Waals surface area contributed by atoms with E-state index in [1.807, 2.05) is 0 Å². The van der Waals surface area contributed by atoms with Crippen molar-refractivity contribution in [3.05, 3.63) is 87.7 Å². The molecule has 4 aromatic rings. The summed E-state index contributed by atoms with van der Waals surface area (Å²) in [7, 11) is 0. The van der Waals surface area contributed by atoms with Gasteiger partial charge in [-0.3, -0.25) is 9.59 Å². The molecule has 0 spiro atoms. The molecule has 0 bridgehead atoms. The van der Waals surface area contributed by atoms with Crippen molar-refractivity contribution in [3.8, 4) is 0 Å². The number of amides is 2. The van der Waals surface area contributed by atoms with E-state index < -0.39 is 23.6 Å². The topological polar surface area (TPSA) is 165 Å². The first-order valence-electron chi connectivity index (χ1n) is 11.4. The zero-order valence-corrected chi connectivity index (χ0v) is 19.7. The van der Waals surface area contributed by atoms with Gasteiger partial charge < -0.3 is 21.5 Å². The Morgan fingerprint density at radius 2 is 2.03 bits per heavy atom. The fraction of sp³-hybridized carbons (Fsp3) is 0.200. The number of carbonyl (C=O) groups is 3. The number of nitrogens with zero attached hydrogens (tertiary/aromatic N) is 4. The van der Waals surface area contributed by atoms with Crippen molar-refractivity contribution in [2.75, 3.05) is 5.73 Å². The Kier molecular flexibility index (Phi) is 5.99. The standard InChI is InChI=1S/C25H22FN7O4/c1-12-14-4-5-18(16(14)3-2-15(12)25(36)37)32-24(35)20-9-19(31-22-17(26)11-30-33(20)22)23(34)29-10-13-6-7-28-21(27)8-13/h2-3,6-9,11,18H,4-5,10H2,1H3,(H2,27,28)(H,29,34)(H,32,35)(H,36,37)/t18-/m0/s1. The Labute approximate surface area is 209 Å². The van der Waals surface area contributed by atoms with Gasteiger partial charge in [-0.1, -0.05) is 6.07 Å². The number of hydrogen-bond donors (Lipinski definition) is 4. The number of rotatable bonds is 6. The lowest BCUT2D eigenvalue weighted by atomic mass is 9.98. The molecule has 1 atom stereocenters. The largest absolute Gasteiger partial charge is 0.478 e. The predicted molar refractivity (Wildman–Crippen MR) is 129 cm³/mol. The molecule has 1 aromatic carbocycles. The summed E-state index contributed by atoms with van der Waals surface area (Å²) in [6, 6.07) is 7.37. The number of pyridine rings is 1. The van der Waals surface area contributed by atoms with Gasteiger partial charge in [-0.05, 0) is 60.2 Å². The average molecular weight is 503 g/mol. The Bertz CT molecular complexity index is 1580. The maximum Gasteiger partial charge on any atom is 0.335 e. The van der Waals surface area contributed by atoms with Crippen molar-refractivity contribution in [2.24, 2.45) is 0 Å². The number of halogens is 1. The van der Waals surface area contributed by atoms with E-state index in [1.165, 1.54) is 18.3 Å². The van der Waals surface area contributed by atoms with Gasteiger partial charge in [-0.15, -0.1) is 0 Å². The molecular formula is C25H22FN7O4. The highest BCUT2D eigenvalue weighted by Crippen LogP contribution is 2.35. The van der Waals surface area contributed by atoms with Crippen LogP contribution in [0.1, 0.15) is 66.1 Å². The van der Waals surface area contributed by atoms with Crippen molar-refractivity contribution < 1.29 is 23.9 Å². The normalized spacial score (nSPS) is 14.4. The molecule has 37 heavy (non-hydrogen) atoms. The van der Waals surface area contributed by atoms with Crippen molar-refractivity contribution in [2.45, 2.75) is 32.4 Å². The SMILES string of the molecule is Cc1c(C(=O)O)ccc2c1CC[C@@H]2NC(=O)c1cc(C(=O)NCc2ccnc(N)c2)nc2c(F)cnn12. The third-order valence-corrected chi connectivity index (χ3v) is 6.42. The molecule has 0 radical (unpaired) electrons. The van der Waals surface area contributed by atoms with Gasteiger partial charge in [-0.25, -0.2) is 23.7 Å². The lowest BCUT2D eigenvalue weighted by molar-refractivity contribution is 0.0695. The maximum absolute atomic E-state index is 14.4. The number of carboxylic acids is 1. The molecule has 0 saturated carbocycles. The number of hydrogen-bond acceptors (Lipinski definition) is 7. The molecule has 5 N–H and O–H groups in total. The number of aromatic nitrogens is 4. The summed E-state index contributed by atoms with van der Waals surface area (Å²) >= 11 is 0. The van der Waals surface area contributed by atoms with Crippen molar-refractivity contribution in [3.63, 3.8) is 0 Å². The van der Waals surface area contributed by atoms with E-state index in [2.05, 4.69) is 25.7 Å². The lowest BCUT2D eigenvalue weighted by Gasteiger charge is -2.16. The zero-order chi connectivity index (χ0) is 26.3. The fourth-order valence-corrected chi connectivity index (χ4v) is 4.59. The van der Waals surface area contributed by atoms with Gasteiger partial charge in [0.2, 0.25) is 0 Å². The fourth-order valence-electron chi connectivity index (χ4n) is 4.59. The lowest BCUT2D eigenvalue weighted by Crippen LogP contribution is -2.30. The molecule has 0 fully saturated rings. The van der Waals surface area contributed by atoms with Gasteiger partial charge in [0.25, 0.3) is 11.8 Å². The van der Waals surface area contributed by atoms with Crippen LogP contribution in [0.2, 0.25) is 0 Å². The van der Waals surface area contributed by atoms with Crippen molar-refractivity contribution in [1.82, 2.24) is 30.2 Å². The molecule has 12 heteroatoms. The Hall–Kier alpha value is -4.87. The highest BCUT2D eigenvalue weighted by molar-refractivity contribution is 5.98. The van der Waals surface area contributed by atoms with Crippen LogP contribution in [0.15, 0.2) is 42.7 Å². The monoisotopic (exact) mass is 503 g/mol. The van der Waals surface area contributed by atoms with E-state index >= 15 is 0 Å². The molecule has 0 saturated heterocycles. The molecule has 188 valence electrons. The van der Waals surface area contributed by atoms with Crippen LogP contribution in [-0.2, 0) is 13.0 Å². The number of carbonyl (C=O) groups excluding carboxylic acids is 2. The number of nitrogen functional groups attached to an aromatic ring is 1. The number of benzene rings is 1. The molecule has 11 nitrogen and oxygen atoms in total. The average Bonchev–Trinajstić information content (AvgIpc) is 3.46. The molecular weight excluding hydrogens is 481 g/mol. The van der Waals surface area contributed by atoms with Gasteiger partial charge in [0.15, 0.2) is 11.5 Å². The number of anilines is 1. The van der Waals surface area contributed by atoms with E-state index in [9.17, 15) is 23.9 Å². The van der Waals surface area contributed by atoms with Gasteiger partial charge in [0.1, 0.15) is 17.2 Å². The maximum atomic E-state index is 14.4. The molecule has 5 rings (SSSR count). The Morgan fingerprint density at radius 3 is 2.78 bits per heavy atom. The van der Waals surface area contributed by atoms with E-state index in [1.54, 1.807) is 25.1 Å². The van der Waals surface area contributed by atoms with Crippen molar-refractivity contribution in [1.29, 1.82) is 0 Å². The molecule has 1 aliphatic rings. The first-order chi connectivity index (χ1) is 17.7. The second-order valence-corrected chi connectivity index (χ2v) is 8.70. The van der Waals surface area contributed by atoms with E-state index in [4.69, 9.17) is 5.73 Å². The first kappa shape index (κ1) is 23.9. The number of carboxylic acid groups (broad SMARTS) is 1. The first-order valence-corrected chi connectivity index (χ1v) is 11.4. The molecule has 1 aliphatic carbocycles. The minimum atomic E-state index is -1.01. The summed E-state index contributed by atoms with van der Waals surface area (Å²) in [6.45, 7) is 1.87. The number of aromatic carboxylic acids is 1. The van der Waals surface area contributed by atoms with Gasteiger partial charge in [0.05, 0.1) is 17.8 Å². The second kappa shape index (κ2) is 9.30. The summed E-state index contributed by atoms with van der Waals surface area (Å²) in [5, 5.41) is 18.9. The smallest absolute Gasteiger partial charge is 0.335 e. The van der Waals surface area contributed by atoms with Gasteiger partial charge in [0, 0.05) is 18.8 Å². The van der Waals surface area contributed by atoms with E-state index in [0.29, 0.717) is 29.8 Å². The van der Waals surface area contributed by atoms with Crippen LogP contribution in [-0.4, -0.2) is 42.5 Å². The number of nitrogens with two attached hydrogens (primary N) is 1. The van der Waals surface area contributed by atoms with Crippen LogP contribution in [0.4, 0.5) is 10.2 Å². The summed E-state index contributed by atoms with van der Waals surface area (Å²) in [6.07, 6.45) is 3.59. The minimum Gasteiger partial charge on any atom is -0.478 e. The minimum absolute atomic E-state index is 0.0699. The van der Waals surface area contributed by atoms with E-state index in [-0.39, 0.29) is 35.2 Å². The summed E-state index contributed by atoms with van der Waals surface area (Å²) in [5.74, 6) is -2.69. The van der Waals surface area contributed by atoms with E-state index in [0.717, 1.165) is 21.8 Å². The predicted octanol–water partition coefficient (Wildman–Crippen LogP) is 2.20. The third kappa shape index (κ3) is 4.44. The Morgan fingerprint density at radius 1 is 1.22 bits per heavy atom. The molecule has 3 heterocycles. The molecule has 2 amide bonds. The Balaban J connectivity index is 1.41. The number of nitrogens with one attached hydrogen (secondary N) is 2. The highest BCUT2D eigenvalue weighted by Gasteiger charge is 2.29. The van der Waals surface area contributed by atoms with Crippen molar-refractivity contribution >= 4 is 29.2 Å². The second-order valence-electron chi connectivity index (χ2n) is 8.70. The van der Waals surface area contributed by atoms with Gasteiger partial charge >= 0.3 is 5.97 Å². The summed E-state index contributed by atoms with van der Waals surface area (Å²) in [4.78, 5) is 45.6. The van der Waals surface area contributed by atoms with Crippen LogP contribution in [0.25, 0.3) is 5.65 Å². The summed E-state index contributed by atoms with van der Waals surface area (Å²) in [5.41, 5.74) is 8.46. The van der Waals surface area contributed by atoms with Crippen LogP contribution in [0, 0.1) is 12.7 Å². The highest BCUT2D eigenvalue weighted by atomic mass is 19.1. The van der Waals surface area contributed by atoms with Crippen LogP contribution in [0.5, 0.6) is 0 Å².